The molecule has 0 unspecified atom stereocenters. The molecule has 0 saturated heterocycles. The Morgan fingerprint density at radius 3 is 2.94 bits per heavy atom. The molecule has 0 aliphatic carbocycles. The number of anilines is 2. The Morgan fingerprint density at radius 1 is 1.47 bits per heavy atom. The highest BCUT2D eigenvalue weighted by Crippen LogP contribution is 2.18. The van der Waals surface area contributed by atoms with E-state index in [2.05, 4.69) is 10.5 Å². The largest absolute Gasteiger partial charge is 0.478 e. The summed E-state index contributed by atoms with van der Waals surface area (Å²) < 4.78 is 4.90. The number of carbonyl (C=O) groups is 1. The summed E-state index contributed by atoms with van der Waals surface area (Å²) in [5, 5.41) is 15.5. The lowest BCUT2D eigenvalue weighted by atomic mass is 10.1. The van der Waals surface area contributed by atoms with Crippen LogP contribution in [0.5, 0.6) is 0 Å². The number of nitrogens with one attached hydrogen (secondary N) is 1. The van der Waals surface area contributed by atoms with Crippen molar-refractivity contribution in [1.82, 2.24) is 5.16 Å². The Labute approximate surface area is 97.0 Å². The minimum atomic E-state index is -1.05. The summed E-state index contributed by atoms with van der Waals surface area (Å²) in [6.07, 6.45) is 1.54. The minimum absolute atomic E-state index is 0.0765. The van der Waals surface area contributed by atoms with E-state index in [0.717, 1.165) is 0 Å². The number of benzene rings is 1. The van der Waals surface area contributed by atoms with Crippen LogP contribution in [0, 0.1) is 0 Å². The summed E-state index contributed by atoms with van der Waals surface area (Å²) in [7, 11) is 0. The third kappa shape index (κ3) is 2.54. The van der Waals surface area contributed by atoms with Gasteiger partial charge in [0.2, 0.25) is 0 Å². The number of nitrogen functional groups attached to an aromatic ring is 1. The number of hydrogen-bond acceptors (Lipinski definition) is 5. The quantitative estimate of drug-likeness (QED) is 0.693. The molecule has 6 nitrogen and oxygen atoms in total. The number of rotatable bonds is 4. The number of hydrogen-bond donors (Lipinski definition) is 3. The van der Waals surface area contributed by atoms with Crippen LogP contribution in [0.1, 0.15) is 16.1 Å². The summed E-state index contributed by atoms with van der Waals surface area (Å²) in [5.41, 5.74) is 6.52. The van der Waals surface area contributed by atoms with Crippen molar-refractivity contribution in [2.75, 3.05) is 11.1 Å². The number of nitrogens with two attached hydrogens (primary N) is 1. The molecule has 0 fully saturated rings. The lowest BCUT2D eigenvalue weighted by molar-refractivity contribution is 0.0698. The van der Waals surface area contributed by atoms with Gasteiger partial charge in [0, 0.05) is 17.4 Å². The van der Waals surface area contributed by atoms with Crippen molar-refractivity contribution in [2.24, 2.45) is 0 Å². The predicted molar refractivity (Wildman–Crippen MR) is 61.6 cm³/mol. The zero-order valence-electron chi connectivity index (χ0n) is 8.88. The van der Waals surface area contributed by atoms with Crippen LogP contribution in [0.2, 0.25) is 0 Å². The molecule has 6 heteroatoms. The predicted octanol–water partition coefficient (Wildman–Crippen LogP) is 1.57. The Morgan fingerprint density at radius 2 is 2.29 bits per heavy atom. The topological polar surface area (TPSA) is 101 Å². The molecule has 88 valence electrons. The van der Waals surface area contributed by atoms with Gasteiger partial charge >= 0.3 is 5.97 Å². The monoisotopic (exact) mass is 233 g/mol. The molecule has 17 heavy (non-hydrogen) atoms. The third-order valence-corrected chi connectivity index (χ3v) is 2.24. The van der Waals surface area contributed by atoms with Crippen LogP contribution in [0.4, 0.5) is 11.4 Å². The summed E-state index contributed by atoms with van der Waals surface area (Å²) in [6.45, 7) is 0.434. The van der Waals surface area contributed by atoms with Crippen LogP contribution >= 0.6 is 0 Å². The van der Waals surface area contributed by atoms with Gasteiger partial charge in [-0.2, -0.15) is 0 Å². The summed E-state index contributed by atoms with van der Waals surface area (Å²) >= 11 is 0. The van der Waals surface area contributed by atoms with E-state index in [1.807, 2.05) is 0 Å². The van der Waals surface area contributed by atoms with Gasteiger partial charge in [-0.15, -0.1) is 0 Å². The molecule has 0 aliphatic heterocycles. The Balaban J connectivity index is 2.11. The molecule has 0 radical (unpaired) electrons. The van der Waals surface area contributed by atoms with Gasteiger partial charge in [0.05, 0.1) is 18.3 Å². The molecule has 0 bridgehead atoms. The van der Waals surface area contributed by atoms with Crippen molar-refractivity contribution < 1.29 is 14.4 Å². The molecule has 2 aromatic rings. The van der Waals surface area contributed by atoms with Crippen molar-refractivity contribution in [2.45, 2.75) is 6.54 Å². The van der Waals surface area contributed by atoms with Crippen molar-refractivity contribution in [1.29, 1.82) is 0 Å². The number of carboxylic acid groups (broad SMARTS) is 1. The Kier molecular flexibility index (Phi) is 2.95. The van der Waals surface area contributed by atoms with Crippen molar-refractivity contribution >= 4 is 17.3 Å². The number of nitrogens with zero attached hydrogens (tertiary/aromatic N) is 1. The molecule has 0 atom stereocenters. The van der Waals surface area contributed by atoms with E-state index < -0.39 is 5.97 Å². The van der Waals surface area contributed by atoms with Crippen molar-refractivity contribution in [3.8, 4) is 0 Å². The lowest BCUT2D eigenvalue weighted by Crippen LogP contribution is -2.05. The number of carboxylic acids is 1. The Hall–Kier alpha value is -2.50. The van der Waals surface area contributed by atoms with Crippen LogP contribution in [0.3, 0.4) is 0 Å². The second-order valence-electron chi connectivity index (χ2n) is 3.44. The fraction of sp³-hybridized carbons (Fsp3) is 0.0909. The molecule has 1 aromatic carbocycles. The number of aromatic carboxylic acids is 1. The van der Waals surface area contributed by atoms with E-state index in [4.69, 9.17) is 15.4 Å². The van der Waals surface area contributed by atoms with E-state index in [-0.39, 0.29) is 11.3 Å². The van der Waals surface area contributed by atoms with Gasteiger partial charge in [-0.1, -0.05) is 5.16 Å². The molecule has 0 aliphatic rings. The molecule has 1 heterocycles. The first-order valence-corrected chi connectivity index (χ1v) is 4.93. The fourth-order valence-corrected chi connectivity index (χ4v) is 1.37. The Bertz CT molecular complexity index is 523. The molecular weight excluding hydrogens is 222 g/mol. The second-order valence-corrected chi connectivity index (χ2v) is 3.44. The highest BCUT2D eigenvalue weighted by molar-refractivity contribution is 5.94. The van der Waals surface area contributed by atoms with E-state index in [9.17, 15) is 4.79 Å². The number of aromatic nitrogens is 1. The van der Waals surface area contributed by atoms with Gasteiger partial charge in [-0.05, 0) is 18.2 Å². The van der Waals surface area contributed by atoms with Gasteiger partial charge in [0.25, 0.3) is 0 Å². The molecule has 1 aromatic heterocycles. The van der Waals surface area contributed by atoms with E-state index in [1.54, 1.807) is 24.4 Å². The summed E-state index contributed by atoms with van der Waals surface area (Å²) in [6, 6.07) is 6.46. The van der Waals surface area contributed by atoms with Crippen LogP contribution in [-0.2, 0) is 6.54 Å². The fourth-order valence-electron chi connectivity index (χ4n) is 1.37. The first-order valence-electron chi connectivity index (χ1n) is 4.93. The zero-order chi connectivity index (χ0) is 12.3. The lowest BCUT2D eigenvalue weighted by Gasteiger charge is -2.06. The van der Waals surface area contributed by atoms with Gasteiger partial charge in [-0.3, -0.25) is 0 Å². The summed E-state index contributed by atoms with van der Waals surface area (Å²) in [4.78, 5) is 10.9. The first kappa shape index (κ1) is 11.0. The normalized spacial score (nSPS) is 10.1. The van der Waals surface area contributed by atoms with Crippen LogP contribution in [-0.4, -0.2) is 16.2 Å². The SMILES string of the molecule is Nc1ccc(NCc2ccno2)cc1C(=O)O. The molecular formula is C11H11N3O3. The maximum absolute atomic E-state index is 10.9. The highest BCUT2D eigenvalue weighted by atomic mass is 16.5. The van der Waals surface area contributed by atoms with Crippen LogP contribution < -0.4 is 11.1 Å². The van der Waals surface area contributed by atoms with Gasteiger partial charge in [0.1, 0.15) is 0 Å². The van der Waals surface area contributed by atoms with E-state index >= 15 is 0 Å². The average Bonchev–Trinajstić information content (AvgIpc) is 2.80. The van der Waals surface area contributed by atoms with Gasteiger partial charge < -0.3 is 20.7 Å². The van der Waals surface area contributed by atoms with E-state index in [0.29, 0.717) is 18.0 Å². The smallest absolute Gasteiger partial charge is 0.337 e. The molecule has 2 rings (SSSR count). The summed E-state index contributed by atoms with van der Waals surface area (Å²) in [5.74, 6) is -0.385. The highest BCUT2D eigenvalue weighted by Gasteiger charge is 2.08. The van der Waals surface area contributed by atoms with Crippen LogP contribution in [0.25, 0.3) is 0 Å². The van der Waals surface area contributed by atoms with Crippen molar-refractivity contribution in [3.05, 3.63) is 41.8 Å². The van der Waals surface area contributed by atoms with Gasteiger partial charge in [-0.25, -0.2) is 4.79 Å². The first-order chi connectivity index (χ1) is 8.16. The minimum Gasteiger partial charge on any atom is -0.478 e. The molecule has 0 saturated carbocycles. The molecule has 0 spiro atoms. The standard InChI is InChI=1S/C11H11N3O3/c12-10-2-1-7(5-9(10)11(15)16)13-6-8-3-4-14-17-8/h1-5,13H,6,12H2,(H,15,16). The average molecular weight is 233 g/mol. The third-order valence-electron chi connectivity index (χ3n) is 2.24. The van der Waals surface area contributed by atoms with E-state index in [1.165, 1.54) is 6.07 Å². The maximum atomic E-state index is 10.9. The molecule has 0 amide bonds. The van der Waals surface area contributed by atoms with Crippen LogP contribution in [0.15, 0.2) is 35.0 Å². The molecule has 4 N–H and O–H groups in total. The zero-order valence-corrected chi connectivity index (χ0v) is 8.88. The van der Waals surface area contributed by atoms with Gasteiger partial charge in [0.15, 0.2) is 5.76 Å². The maximum Gasteiger partial charge on any atom is 0.337 e. The van der Waals surface area contributed by atoms with Crippen molar-refractivity contribution in [3.63, 3.8) is 0 Å². The second kappa shape index (κ2) is 4.56.